The number of fused-ring (bicyclic) bond motifs is 1. The van der Waals surface area contributed by atoms with Crippen LogP contribution in [0.1, 0.15) is 13.1 Å². The standard InChI is InChI=1S/C14H15FN4O3.C6H3FN2O5.C6H5FO.CH4.B19/c1-21-14(20)18-9-4-11(15)13-12(5-9)19(2-3-22-13)7-10-6-16-8-17-10;7-4-1-3(8(11)12)2-5(6(4)10)9(13)14;7-5-3-1-2-4-6(5)8;;1-11-16(10)19(17(12(2)3)13(4)5)18(14(6)7)15(8)9/h4-6,8H,2-3,7H2,1H3,(H,16,17)(H,18,20);1-2,10H;1-4,8H;1H4;. The Bertz CT molecular complexity index is 2060. The molecule has 4 aromatic rings. The van der Waals surface area contributed by atoms with E-state index in [0.717, 1.165) is 5.69 Å². The molecule has 4 N–H and O–H groups in total. The highest BCUT2D eigenvalue weighted by molar-refractivity contribution is 8.18. The summed E-state index contributed by atoms with van der Waals surface area (Å²) in [5.74, 6) is -3.83. The molecule has 5 rings (SSSR count). The summed E-state index contributed by atoms with van der Waals surface area (Å²) in [7, 11) is 59.6. The fourth-order valence-electron chi connectivity index (χ4n) is 6.02. The first-order valence-electron chi connectivity index (χ1n) is 18.2. The van der Waals surface area contributed by atoms with Gasteiger partial charge in [-0.25, -0.2) is 22.9 Å². The molecule has 1 aliphatic rings. The van der Waals surface area contributed by atoms with E-state index in [9.17, 15) is 38.2 Å². The first kappa shape index (κ1) is 57.2. The number of nitrogens with zero attached hydrogens (tertiary/aromatic N) is 4. The van der Waals surface area contributed by atoms with Crippen molar-refractivity contribution in [3.63, 3.8) is 0 Å². The molecule has 0 aliphatic carbocycles. The van der Waals surface area contributed by atoms with E-state index in [2.05, 4.69) is 20.0 Å². The number of ether oxygens (including phenoxy) is 2. The molecule has 21 radical (unpaired) electrons. The van der Waals surface area contributed by atoms with Crippen LogP contribution in [0.3, 0.4) is 0 Å². The number of hydrogen-bond acceptors (Lipinski definition) is 11. The van der Waals surface area contributed by atoms with Gasteiger partial charge in [0.25, 0.3) is 5.69 Å². The molecule has 297 valence electrons. The van der Waals surface area contributed by atoms with Gasteiger partial charge in [0.15, 0.2) is 29.0 Å². The lowest BCUT2D eigenvalue weighted by Gasteiger charge is -2.41. The van der Waals surface area contributed by atoms with Crippen LogP contribution in [0, 0.1) is 37.7 Å². The van der Waals surface area contributed by atoms with Crippen LogP contribution >= 0.6 is 0 Å². The molecule has 0 saturated carbocycles. The summed E-state index contributed by atoms with van der Waals surface area (Å²) in [5.41, 5.74) is -0.0289. The number of phenolic OH excluding ortho intramolecular Hbond substituents is 2. The Balaban J connectivity index is 0.000000446. The van der Waals surface area contributed by atoms with E-state index in [1.165, 1.54) is 38.4 Å². The number of aromatic nitrogens is 2. The number of carbonyl (C=O) groups excluding carboxylic acids is 1. The highest BCUT2D eigenvalue weighted by atomic mass is 19.1. The summed E-state index contributed by atoms with van der Waals surface area (Å²) >= 11 is 0. The predicted molar refractivity (Wildman–Crippen MR) is 263 cm³/mol. The number of methoxy groups -OCH3 is 1. The average molecular weight is 842 g/mol. The molecule has 3 aromatic carbocycles. The molecule has 15 nitrogen and oxygen atoms in total. The van der Waals surface area contributed by atoms with Gasteiger partial charge in [0.1, 0.15) is 6.61 Å². The fraction of sp³-hybridized carbons (Fsp3) is 0.185. The highest BCUT2D eigenvalue weighted by Crippen LogP contribution is 2.38. The lowest BCUT2D eigenvalue weighted by atomic mass is 8.40. The second-order valence-electron chi connectivity index (χ2n) is 13.3. The minimum absolute atomic E-state index is 0. The van der Waals surface area contributed by atoms with Crippen LogP contribution < -0.4 is 15.0 Å². The maximum atomic E-state index is 14.2. The van der Waals surface area contributed by atoms with E-state index < -0.39 is 102 Å². The number of rotatable bonds is 13. The monoisotopic (exact) mass is 845 g/mol. The Morgan fingerprint density at radius 1 is 0.906 bits per heavy atom. The zero-order valence-electron chi connectivity index (χ0n) is 33.5. The van der Waals surface area contributed by atoms with Crippen molar-refractivity contribution in [1.29, 1.82) is 0 Å². The number of nitrogens with one attached hydrogen (secondary N) is 2. The molecule has 37 heteroatoms. The Kier molecular flexibility index (Phi) is 24.6. The van der Waals surface area contributed by atoms with Crippen LogP contribution in [0.25, 0.3) is 0 Å². The molecular formula is C27H27B19F3N6O9. The molecule has 0 fully saturated rings. The molecule has 2 heterocycles. The summed E-state index contributed by atoms with van der Waals surface area (Å²) < 4.78 is 48.9. The van der Waals surface area contributed by atoms with Crippen LogP contribution in [0.15, 0.2) is 61.1 Å². The van der Waals surface area contributed by atoms with Gasteiger partial charge in [-0.1, -0.05) is 19.6 Å². The van der Waals surface area contributed by atoms with E-state index in [1.807, 2.05) is 4.90 Å². The number of nitro groups is 2. The Morgan fingerprint density at radius 3 is 1.92 bits per heavy atom. The first-order chi connectivity index (χ1) is 29.5. The van der Waals surface area contributed by atoms with Gasteiger partial charge in [0.2, 0.25) is 5.75 Å². The number of aromatic amines is 1. The number of non-ortho nitro benzene ring substituents is 1. The smallest absolute Gasteiger partial charge is 0.411 e. The lowest BCUT2D eigenvalue weighted by Crippen LogP contribution is -2.79. The van der Waals surface area contributed by atoms with Crippen molar-refractivity contribution < 1.29 is 47.5 Å². The zero-order valence-corrected chi connectivity index (χ0v) is 33.5. The minimum atomic E-state index is -1.40. The summed E-state index contributed by atoms with van der Waals surface area (Å²) in [6, 6.07) is 9.35. The van der Waals surface area contributed by atoms with Gasteiger partial charge >= 0.3 is 11.8 Å². The van der Waals surface area contributed by atoms with Gasteiger partial charge in [-0.15, -0.1) is 0 Å². The van der Waals surface area contributed by atoms with Crippen LogP contribution in [0.2, 0.25) is 0 Å². The van der Waals surface area contributed by atoms with Crippen molar-refractivity contribution in [1.82, 2.24) is 9.97 Å². The zero-order chi connectivity index (χ0) is 47.7. The van der Waals surface area contributed by atoms with Crippen molar-refractivity contribution in [2.24, 2.45) is 0 Å². The highest BCUT2D eigenvalue weighted by Gasteiger charge is 2.42. The molecule has 0 unspecified atom stereocenters. The number of phenols is 2. The second kappa shape index (κ2) is 27.5. The largest absolute Gasteiger partial charge is 0.505 e. The first-order valence-corrected chi connectivity index (χ1v) is 18.2. The van der Waals surface area contributed by atoms with E-state index in [-0.39, 0.29) is 18.9 Å². The van der Waals surface area contributed by atoms with Crippen molar-refractivity contribution in [3.8, 4) is 17.2 Å². The Morgan fingerprint density at radius 2 is 1.48 bits per heavy atom. The van der Waals surface area contributed by atoms with Crippen LogP contribution in [0.4, 0.5) is 40.7 Å². The maximum absolute atomic E-state index is 14.2. The van der Waals surface area contributed by atoms with Crippen LogP contribution in [-0.4, -0.2) is 192 Å². The Hall–Kier alpha value is -4.84. The van der Waals surface area contributed by atoms with Crippen molar-refractivity contribution >= 4 is 164 Å². The number of amides is 1. The molecule has 1 aromatic heterocycles. The number of para-hydroxylation sites is 1. The van der Waals surface area contributed by atoms with Crippen molar-refractivity contribution in [3.05, 3.63) is 104 Å². The topological polar surface area (TPSA) is 206 Å². The number of halogens is 3. The van der Waals surface area contributed by atoms with Gasteiger partial charge in [-0.3, -0.25) is 25.5 Å². The van der Waals surface area contributed by atoms with Gasteiger partial charge in [-0.05, 0) is 18.2 Å². The average Bonchev–Trinajstić information content (AvgIpc) is 3.73. The number of nitro benzene ring substituents is 2. The van der Waals surface area contributed by atoms with Gasteiger partial charge in [0.05, 0.1) is 59.9 Å². The molecule has 1 amide bonds. The molecule has 0 bridgehead atoms. The van der Waals surface area contributed by atoms with E-state index >= 15 is 0 Å². The van der Waals surface area contributed by atoms with Gasteiger partial charge < -0.3 is 29.6 Å². The van der Waals surface area contributed by atoms with E-state index in [1.54, 1.807) is 24.7 Å². The number of aromatic hydroxyl groups is 2. The summed E-state index contributed by atoms with van der Waals surface area (Å²) in [5, 5.41) is 40.2. The van der Waals surface area contributed by atoms with Crippen molar-refractivity contribution in [2.45, 2.75) is 14.0 Å². The third kappa shape index (κ3) is 16.9. The van der Waals surface area contributed by atoms with E-state index in [4.69, 9.17) is 92.3 Å². The van der Waals surface area contributed by atoms with Crippen molar-refractivity contribution in [2.75, 3.05) is 30.5 Å². The predicted octanol–water partition coefficient (Wildman–Crippen LogP) is -1.59. The van der Waals surface area contributed by atoms with E-state index in [0.29, 0.717) is 43.2 Å². The molecule has 0 atom stereocenters. The number of benzene rings is 3. The number of anilines is 2. The lowest BCUT2D eigenvalue weighted by molar-refractivity contribution is -0.395. The number of H-pyrrole nitrogens is 1. The molecule has 64 heavy (non-hydrogen) atoms. The number of carbonyl (C=O) groups is 1. The van der Waals surface area contributed by atoms with Gasteiger partial charge in [0, 0.05) is 153 Å². The SMILES string of the molecule is C.COC(=O)Nc1cc(F)c2c(c1)N(Cc1cnc[nH]1)CCO2.O=[N+]([O-])c1cc(F)c(O)c([N+](=O)[O-])c1.Oc1ccccc1F.[B][B]B([B])B(B(B([B])[B])B([B])[B])B(B([B])[B])B([B])[B]. The normalized spacial score (nSPS) is 10.5. The number of imidazole rings is 1. The summed E-state index contributed by atoms with van der Waals surface area (Å²) in [6.07, 6.45) is -3.08. The third-order valence-electron chi connectivity index (χ3n) is 8.94. The van der Waals surface area contributed by atoms with Crippen LogP contribution in [-0.2, 0) is 11.3 Å². The fourth-order valence-corrected chi connectivity index (χ4v) is 6.02. The Labute approximate surface area is 386 Å². The maximum Gasteiger partial charge on any atom is 0.411 e. The molecule has 1 aliphatic heterocycles. The molecule has 0 saturated heterocycles. The molecule has 0 spiro atoms. The minimum Gasteiger partial charge on any atom is -0.505 e. The van der Waals surface area contributed by atoms with Gasteiger partial charge in [-0.2, -0.15) is 0 Å². The van der Waals surface area contributed by atoms with Crippen LogP contribution in [0.5, 0.6) is 17.2 Å². The second-order valence-corrected chi connectivity index (χ2v) is 13.3. The third-order valence-corrected chi connectivity index (χ3v) is 8.94. The summed E-state index contributed by atoms with van der Waals surface area (Å²) in [4.78, 5) is 38.5. The number of hydrogen-bond donors (Lipinski definition) is 4. The quantitative estimate of drug-likeness (QED) is 0.0686. The molecular weight excluding hydrogens is 815 g/mol. The summed E-state index contributed by atoms with van der Waals surface area (Å²) in [6.45, 7) is 1.53.